The van der Waals surface area contributed by atoms with Crippen LogP contribution in [0.2, 0.25) is 0 Å². The Kier molecular flexibility index (Phi) is 3.87. The van der Waals surface area contributed by atoms with E-state index in [1.165, 1.54) is 22.2 Å². The average Bonchev–Trinajstić information content (AvgIpc) is 2.99. The van der Waals surface area contributed by atoms with Gasteiger partial charge in [0.15, 0.2) is 0 Å². The van der Waals surface area contributed by atoms with Gasteiger partial charge >= 0.3 is 0 Å². The van der Waals surface area contributed by atoms with Gasteiger partial charge in [-0.25, -0.2) is 4.98 Å². The van der Waals surface area contributed by atoms with E-state index in [9.17, 15) is 0 Å². The lowest BCUT2D eigenvalue weighted by Crippen LogP contribution is -2.03. The van der Waals surface area contributed by atoms with Crippen LogP contribution in [0.1, 0.15) is 11.1 Å². The van der Waals surface area contributed by atoms with Gasteiger partial charge in [-0.05, 0) is 36.6 Å². The van der Waals surface area contributed by atoms with Gasteiger partial charge in [0.25, 0.3) is 0 Å². The standard InChI is InChI=1S/C22H20N2/c1-17-12-13-20-21(16-17)24(15-14-18-8-4-2-5-9-18)22(23-20)19-10-6-3-7-11-19/h2-13,16H,14-15H2,1H3. The topological polar surface area (TPSA) is 17.8 Å². The zero-order chi connectivity index (χ0) is 16.4. The molecule has 0 saturated carbocycles. The van der Waals surface area contributed by atoms with Crippen LogP contribution in [0.15, 0.2) is 78.9 Å². The lowest BCUT2D eigenvalue weighted by atomic mass is 10.1. The van der Waals surface area contributed by atoms with Crippen molar-refractivity contribution in [2.24, 2.45) is 0 Å². The Balaban J connectivity index is 1.80. The molecule has 3 aromatic carbocycles. The minimum Gasteiger partial charge on any atom is -0.324 e. The van der Waals surface area contributed by atoms with E-state index in [0.717, 1.165) is 24.3 Å². The number of aromatic nitrogens is 2. The Hall–Kier alpha value is -2.87. The van der Waals surface area contributed by atoms with Crippen LogP contribution in [0, 0.1) is 6.92 Å². The summed E-state index contributed by atoms with van der Waals surface area (Å²) in [7, 11) is 0. The van der Waals surface area contributed by atoms with Crippen molar-refractivity contribution in [3.8, 4) is 11.4 Å². The number of hydrogen-bond donors (Lipinski definition) is 0. The SMILES string of the molecule is Cc1ccc2nc(-c3ccccc3)n(CCc3ccccc3)c2c1. The molecule has 24 heavy (non-hydrogen) atoms. The normalized spacial score (nSPS) is 11.0. The third-order valence-electron chi connectivity index (χ3n) is 4.40. The molecule has 0 N–H and O–H groups in total. The van der Waals surface area contributed by atoms with Crippen molar-refractivity contribution < 1.29 is 0 Å². The number of nitrogens with zero attached hydrogens (tertiary/aromatic N) is 2. The van der Waals surface area contributed by atoms with E-state index in [1.54, 1.807) is 0 Å². The van der Waals surface area contributed by atoms with Crippen molar-refractivity contribution in [3.63, 3.8) is 0 Å². The highest BCUT2D eigenvalue weighted by atomic mass is 15.1. The van der Waals surface area contributed by atoms with Crippen LogP contribution < -0.4 is 0 Å². The first-order chi connectivity index (χ1) is 11.8. The highest BCUT2D eigenvalue weighted by Crippen LogP contribution is 2.26. The summed E-state index contributed by atoms with van der Waals surface area (Å²) >= 11 is 0. The van der Waals surface area contributed by atoms with Crippen LogP contribution >= 0.6 is 0 Å². The number of aryl methyl sites for hydroxylation is 3. The summed E-state index contributed by atoms with van der Waals surface area (Å²) in [4.78, 5) is 4.90. The minimum atomic E-state index is 0.925. The highest BCUT2D eigenvalue weighted by molar-refractivity contribution is 5.81. The van der Waals surface area contributed by atoms with E-state index in [2.05, 4.69) is 84.3 Å². The molecule has 2 heteroatoms. The molecule has 0 radical (unpaired) electrons. The largest absolute Gasteiger partial charge is 0.324 e. The molecule has 1 aromatic heterocycles. The first-order valence-electron chi connectivity index (χ1n) is 8.37. The van der Waals surface area contributed by atoms with Crippen molar-refractivity contribution >= 4 is 11.0 Å². The molecule has 2 nitrogen and oxygen atoms in total. The zero-order valence-corrected chi connectivity index (χ0v) is 13.8. The predicted molar refractivity (Wildman–Crippen MR) is 100 cm³/mol. The molecule has 0 saturated heterocycles. The van der Waals surface area contributed by atoms with Crippen LogP contribution in [-0.2, 0) is 13.0 Å². The molecular formula is C22H20N2. The Morgan fingerprint density at radius 2 is 1.54 bits per heavy atom. The molecule has 4 aromatic rings. The summed E-state index contributed by atoms with van der Waals surface area (Å²) < 4.78 is 2.35. The van der Waals surface area contributed by atoms with E-state index in [4.69, 9.17) is 4.98 Å². The van der Waals surface area contributed by atoms with E-state index < -0.39 is 0 Å². The fourth-order valence-electron chi connectivity index (χ4n) is 3.15. The van der Waals surface area contributed by atoms with Crippen molar-refractivity contribution in [3.05, 3.63) is 90.0 Å². The van der Waals surface area contributed by atoms with E-state index >= 15 is 0 Å². The summed E-state index contributed by atoms with van der Waals surface area (Å²) in [6.45, 7) is 3.06. The van der Waals surface area contributed by atoms with Gasteiger partial charge in [-0.3, -0.25) is 0 Å². The fourth-order valence-corrected chi connectivity index (χ4v) is 3.15. The Labute approximate surface area is 142 Å². The second kappa shape index (κ2) is 6.32. The van der Waals surface area contributed by atoms with Crippen LogP contribution in [0.3, 0.4) is 0 Å². The van der Waals surface area contributed by atoms with Crippen molar-refractivity contribution in [1.82, 2.24) is 9.55 Å². The summed E-state index contributed by atoms with van der Waals surface area (Å²) in [5.74, 6) is 1.05. The maximum Gasteiger partial charge on any atom is 0.141 e. The molecule has 0 aliphatic heterocycles. The molecule has 0 aliphatic carbocycles. The van der Waals surface area contributed by atoms with E-state index in [-0.39, 0.29) is 0 Å². The predicted octanol–water partition coefficient (Wildman–Crippen LogP) is 5.25. The van der Waals surface area contributed by atoms with Gasteiger partial charge in [0.2, 0.25) is 0 Å². The van der Waals surface area contributed by atoms with Crippen LogP contribution in [0.5, 0.6) is 0 Å². The molecular weight excluding hydrogens is 292 g/mol. The van der Waals surface area contributed by atoms with Crippen LogP contribution in [0.25, 0.3) is 22.4 Å². The average molecular weight is 312 g/mol. The number of benzene rings is 3. The fraction of sp³-hybridized carbons (Fsp3) is 0.136. The van der Waals surface area contributed by atoms with Crippen molar-refractivity contribution in [1.29, 1.82) is 0 Å². The minimum absolute atomic E-state index is 0.925. The van der Waals surface area contributed by atoms with Gasteiger partial charge < -0.3 is 4.57 Å². The lowest BCUT2D eigenvalue weighted by Gasteiger charge is -2.10. The van der Waals surface area contributed by atoms with Gasteiger partial charge in [-0.15, -0.1) is 0 Å². The molecule has 0 aliphatic rings. The van der Waals surface area contributed by atoms with E-state index in [0.29, 0.717) is 0 Å². The molecule has 0 fully saturated rings. The lowest BCUT2D eigenvalue weighted by molar-refractivity contribution is 0.723. The highest BCUT2D eigenvalue weighted by Gasteiger charge is 2.12. The first-order valence-corrected chi connectivity index (χ1v) is 8.37. The number of fused-ring (bicyclic) bond motifs is 1. The third-order valence-corrected chi connectivity index (χ3v) is 4.40. The Morgan fingerprint density at radius 1 is 0.833 bits per heavy atom. The van der Waals surface area contributed by atoms with Gasteiger partial charge in [-0.1, -0.05) is 66.7 Å². The molecule has 4 rings (SSSR count). The first kappa shape index (κ1) is 14.7. The molecule has 0 amide bonds. The van der Waals surface area contributed by atoms with Crippen LogP contribution in [-0.4, -0.2) is 9.55 Å². The summed E-state index contributed by atoms with van der Waals surface area (Å²) in [5.41, 5.74) is 6.06. The molecule has 118 valence electrons. The molecule has 0 bridgehead atoms. The maximum absolute atomic E-state index is 4.90. The Morgan fingerprint density at radius 3 is 2.29 bits per heavy atom. The summed E-state index contributed by atoms with van der Waals surface area (Å²) in [6.07, 6.45) is 1.00. The molecule has 1 heterocycles. The number of rotatable bonds is 4. The second-order valence-electron chi connectivity index (χ2n) is 6.18. The number of hydrogen-bond acceptors (Lipinski definition) is 1. The molecule has 0 atom stereocenters. The van der Waals surface area contributed by atoms with Gasteiger partial charge in [-0.2, -0.15) is 0 Å². The zero-order valence-electron chi connectivity index (χ0n) is 13.8. The van der Waals surface area contributed by atoms with E-state index in [1.807, 2.05) is 6.07 Å². The maximum atomic E-state index is 4.90. The third kappa shape index (κ3) is 2.83. The summed E-state index contributed by atoms with van der Waals surface area (Å²) in [6, 6.07) is 27.6. The number of imidazole rings is 1. The monoisotopic (exact) mass is 312 g/mol. The molecule has 0 unspecified atom stereocenters. The van der Waals surface area contributed by atoms with Crippen LogP contribution in [0.4, 0.5) is 0 Å². The molecule has 0 spiro atoms. The smallest absolute Gasteiger partial charge is 0.141 e. The second-order valence-corrected chi connectivity index (χ2v) is 6.18. The Bertz CT molecular complexity index is 953. The van der Waals surface area contributed by atoms with Crippen molar-refractivity contribution in [2.45, 2.75) is 19.9 Å². The van der Waals surface area contributed by atoms with Gasteiger partial charge in [0.05, 0.1) is 11.0 Å². The quantitative estimate of drug-likeness (QED) is 0.503. The van der Waals surface area contributed by atoms with Crippen molar-refractivity contribution in [2.75, 3.05) is 0 Å². The van der Waals surface area contributed by atoms with Gasteiger partial charge in [0, 0.05) is 12.1 Å². The summed E-state index contributed by atoms with van der Waals surface area (Å²) in [5, 5.41) is 0. The van der Waals surface area contributed by atoms with Gasteiger partial charge in [0.1, 0.15) is 5.82 Å².